The van der Waals surface area contributed by atoms with Gasteiger partial charge in [0.1, 0.15) is 17.2 Å². The fourth-order valence-corrected chi connectivity index (χ4v) is 5.48. The van der Waals surface area contributed by atoms with Crippen LogP contribution in [0.2, 0.25) is 0 Å². The van der Waals surface area contributed by atoms with E-state index in [2.05, 4.69) is 13.0 Å². The quantitative estimate of drug-likeness (QED) is 0.151. The van der Waals surface area contributed by atoms with E-state index in [4.69, 9.17) is 9.47 Å². The first-order valence-electron chi connectivity index (χ1n) is 14.5. The number of ether oxygens (including phenoxy) is 2. The van der Waals surface area contributed by atoms with Crippen molar-refractivity contribution in [3.63, 3.8) is 0 Å². The summed E-state index contributed by atoms with van der Waals surface area (Å²) in [6.07, 6.45) is 14.8. The molecule has 1 aliphatic heterocycles. The minimum Gasteiger partial charge on any atom is -0.493 e. The number of carboxylic acid groups (broad SMARTS) is 1. The number of carboxylic acids is 1. The Morgan fingerprint density at radius 1 is 0.816 bits per heavy atom. The molecule has 0 bridgehead atoms. The summed E-state index contributed by atoms with van der Waals surface area (Å²) in [6.45, 7) is 2.69. The minimum absolute atomic E-state index is 0.399. The van der Waals surface area contributed by atoms with Crippen LogP contribution in [0, 0.1) is 0 Å². The first-order chi connectivity index (χ1) is 18.7. The largest absolute Gasteiger partial charge is 0.493 e. The molecule has 0 aliphatic carbocycles. The monoisotopic (exact) mass is 514 g/mol. The number of benzene rings is 3. The van der Waals surface area contributed by atoms with Crippen LogP contribution >= 0.6 is 0 Å². The Morgan fingerprint density at radius 2 is 1.47 bits per heavy atom. The third-order valence-corrected chi connectivity index (χ3v) is 7.53. The molecule has 3 aromatic rings. The van der Waals surface area contributed by atoms with Crippen molar-refractivity contribution in [3.05, 3.63) is 88.5 Å². The van der Waals surface area contributed by atoms with Gasteiger partial charge in [-0.15, -0.1) is 0 Å². The Balaban J connectivity index is 1.46. The van der Waals surface area contributed by atoms with Crippen LogP contribution in [0.3, 0.4) is 0 Å². The molecule has 3 aromatic carbocycles. The highest BCUT2D eigenvalue weighted by Gasteiger charge is 2.27. The molecular formula is C34H42O4. The molecule has 0 fully saturated rings. The number of fused-ring (bicyclic) bond motifs is 2. The van der Waals surface area contributed by atoms with E-state index in [-0.39, 0.29) is 0 Å². The molecule has 38 heavy (non-hydrogen) atoms. The minimum atomic E-state index is -0.885. The molecule has 0 spiro atoms. The van der Waals surface area contributed by atoms with Gasteiger partial charge in [0, 0.05) is 18.4 Å². The number of para-hydroxylation sites is 2. The van der Waals surface area contributed by atoms with Crippen LogP contribution in [-0.4, -0.2) is 17.7 Å². The second-order valence-corrected chi connectivity index (χ2v) is 10.4. The third-order valence-electron chi connectivity index (χ3n) is 7.53. The lowest BCUT2D eigenvalue weighted by Gasteiger charge is -2.25. The fourth-order valence-electron chi connectivity index (χ4n) is 5.48. The van der Waals surface area contributed by atoms with Crippen molar-refractivity contribution in [3.8, 4) is 17.2 Å². The summed E-state index contributed by atoms with van der Waals surface area (Å²) >= 11 is 0. The van der Waals surface area contributed by atoms with Gasteiger partial charge in [0.25, 0.3) is 0 Å². The van der Waals surface area contributed by atoms with Gasteiger partial charge in [-0.1, -0.05) is 101 Å². The van der Waals surface area contributed by atoms with Crippen LogP contribution < -0.4 is 9.47 Å². The van der Waals surface area contributed by atoms with Gasteiger partial charge in [0.05, 0.1) is 12.2 Å². The zero-order valence-corrected chi connectivity index (χ0v) is 22.8. The van der Waals surface area contributed by atoms with Crippen molar-refractivity contribution in [2.24, 2.45) is 0 Å². The van der Waals surface area contributed by atoms with E-state index in [0.717, 1.165) is 53.0 Å². The first kappa shape index (κ1) is 27.8. The second kappa shape index (κ2) is 14.6. The maximum atomic E-state index is 12.6. The first-order valence-corrected chi connectivity index (χ1v) is 14.5. The third kappa shape index (κ3) is 7.63. The lowest BCUT2D eigenvalue weighted by molar-refractivity contribution is 0.0693. The van der Waals surface area contributed by atoms with Crippen LogP contribution in [0.15, 0.2) is 60.7 Å². The van der Waals surface area contributed by atoms with E-state index in [0.29, 0.717) is 30.8 Å². The average Bonchev–Trinajstić information content (AvgIpc) is 2.93. The number of unbranched alkanes of at least 4 members (excludes halogenated alkanes) is 9. The highest BCUT2D eigenvalue weighted by atomic mass is 16.5. The van der Waals surface area contributed by atoms with E-state index in [1.54, 1.807) is 0 Å². The highest BCUT2D eigenvalue weighted by Crippen LogP contribution is 2.41. The Morgan fingerprint density at radius 3 is 2.18 bits per heavy atom. The maximum Gasteiger partial charge on any atom is 0.336 e. The normalized spacial score (nSPS) is 11.9. The lowest BCUT2D eigenvalue weighted by atomic mass is 9.86. The van der Waals surface area contributed by atoms with Gasteiger partial charge in [-0.25, -0.2) is 4.79 Å². The lowest BCUT2D eigenvalue weighted by Crippen LogP contribution is -2.17. The van der Waals surface area contributed by atoms with Gasteiger partial charge in [-0.3, -0.25) is 0 Å². The molecule has 202 valence electrons. The predicted octanol–water partition coefficient (Wildman–Crippen LogP) is 9.17. The van der Waals surface area contributed by atoms with Crippen molar-refractivity contribution in [1.29, 1.82) is 0 Å². The summed E-state index contributed by atoms with van der Waals surface area (Å²) < 4.78 is 12.2. The molecule has 4 rings (SSSR count). The molecule has 4 heteroatoms. The Hall–Kier alpha value is -3.27. The van der Waals surface area contributed by atoms with E-state index >= 15 is 0 Å². The molecular weight excluding hydrogens is 472 g/mol. The summed E-state index contributed by atoms with van der Waals surface area (Å²) in [5.41, 5.74) is 4.17. The fraction of sp³-hybridized carbons (Fsp3) is 0.441. The van der Waals surface area contributed by atoms with E-state index in [1.807, 2.05) is 54.6 Å². The topological polar surface area (TPSA) is 55.8 Å². The van der Waals surface area contributed by atoms with Gasteiger partial charge >= 0.3 is 5.97 Å². The summed E-state index contributed by atoms with van der Waals surface area (Å²) in [6, 6.07) is 19.7. The van der Waals surface area contributed by atoms with Crippen LogP contribution in [0.25, 0.3) is 0 Å². The molecule has 0 saturated heterocycles. The number of rotatable bonds is 16. The molecule has 0 amide bonds. The standard InChI is InChI=1S/C34H42O4/c1-2-3-4-5-6-7-8-9-10-12-17-26-25-32-30(24-27-18-15-16-21-31(27)38-32)33(34(35)36)29(26)22-23-37-28-19-13-11-14-20-28/h11,13-16,18-21,25H,2-10,12,17,22-24H2,1H3,(H,35,36). The zero-order valence-electron chi connectivity index (χ0n) is 22.8. The zero-order chi connectivity index (χ0) is 26.6. The highest BCUT2D eigenvalue weighted by molar-refractivity contribution is 5.93. The molecule has 1 aliphatic rings. The van der Waals surface area contributed by atoms with Crippen molar-refractivity contribution in [1.82, 2.24) is 0 Å². The second-order valence-electron chi connectivity index (χ2n) is 10.4. The Bertz CT molecular complexity index is 1170. The number of aromatic carboxylic acids is 1. The van der Waals surface area contributed by atoms with Gasteiger partial charge < -0.3 is 14.6 Å². The molecule has 0 radical (unpaired) electrons. The van der Waals surface area contributed by atoms with Crippen molar-refractivity contribution in [2.75, 3.05) is 6.61 Å². The molecule has 0 saturated carbocycles. The molecule has 1 heterocycles. The molecule has 0 unspecified atom stereocenters. The Labute approximate surface area is 228 Å². The molecule has 0 aromatic heterocycles. The summed E-state index contributed by atoms with van der Waals surface area (Å²) in [7, 11) is 0. The van der Waals surface area contributed by atoms with Crippen LogP contribution in [-0.2, 0) is 19.3 Å². The van der Waals surface area contributed by atoms with Crippen molar-refractivity contribution < 1.29 is 19.4 Å². The van der Waals surface area contributed by atoms with Gasteiger partial charge in [0.15, 0.2) is 0 Å². The smallest absolute Gasteiger partial charge is 0.336 e. The van der Waals surface area contributed by atoms with Gasteiger partial charge in [0.2, 0.25) is 0 Å². The maximum absolute atomic E-state index is 12.6. The van der Waals surface area contributed by atoms with E-state index < -0.39 is 5.97 Å². The van der Waals surface area contributed by atoms with Crippen molar-refractivity contribution >= 4 is 5.97 Å². The summed E-state index contributed by atoms with van der Waals surface area (Å²) in [5, 5.41) is 10.4. The van der Waals surface area contributed by atoms with Gasteiger partial charge in [-0.05, 0) is 53.8 Å². The number of carbonyl (C=O) groups is 1. The van der Waals surface area contributed by atoms with E-state index in [1.165, 1.54) is 51.4 Å². The van der Waals surface area contributed by atoms with Gasteiger partial charge in [-0.2, -0.15) is 0 Å². The van der Waals surface area contributed by atoms with E-state index in [9.17, 15) is 9.90 Å². The number of aryl methyl sites for hydroxylation is 1. The summed E-state index contributed by atoms with van der Waals surface area (Å²) in [4.78, 5) is 12.6. The summed E-state index contributed by atoms with van der Waals surface area (Å²) in [5.74, 6) is 1.43. The predicted molar refractivity (Wildman–Crippen MR) is 154 cm³/mol. The molecule has 1 N–H and O–H groups in total. The number of hydrogen-bond acceptors (Lipinski definition) is 3. The Kier molecular flexibility index (Phi) is 10.7. The molecule has 0 atom stereocenters. The average molecular weight is 515 g/mol. The SMILES string of the molecule is CCCCCCCCCCCCc1cc2c(c(C(=O)O)c1CCOc1ccccc1)Cc1ccccc1O2. The van der Waals surface area contributed by atoms with Crippen LogP contribution in [0.5, 0.6) is 17.2 Å². The van der Waals surface area contributed by atoms with Crippen LogP contribution in [0.1, 0.15) is 104 Å². The van der Waals surface area contributed by atoms with Crippen molar-refractivity contribution in [2.45, 2.75) is 90.4 Å². The molecule has 4 nitrogen and oxygen atoms in total. The van der Waals surface area contributed by atoms with Crippen LogP contribution in [0.4, 0.5) is 0 Å². The number of hydrogen-bond donors (Lipinski definition) is 1.